The Morgan fingerprint density at radius 3 is 2.38 bits per heavy atom. The number of carbonyl (C=O) groups is 1. The first-order chi connectivity index (χ1) is 9.90. The van der Waals surface area contributed by atoms with Crippen molar-refractivity contribution in [2.45, 2.75) is 25.7 Å². The zero-order chi connectivity index (χ0) is 15.5. The lowest BCUT2D eigenvalue weighted by atomic mass is 10.2. The van der Waals surface area contributed by atoms with Gasteiger partial charge in [0.1, 0.15) is 0 Å². The smallest absolute Gasteiger partial charge is 0.335 e. The first-order valence-electron chi connectivity index (χ1n) is 6.71. The standard InChI is InChI=1S/C13H17ClN2O4S/c14-11-6-5-10(13(17)18)9-12(11)15-21(19,20)16-7-3-1-2-4-8-16/h5-6,9,15H,1-4,7-8H2,(H,17,18). The van der Waals surface area contributed by atoms with E-state index in [0.29, 0.717) is 13.1 Å². The van der Waals surface area contributed by atoms with E-state index in [-0.39, 0.29) is 16.3 Å². The number of benzene rings is 1. The molecule has 1 aromatic rings. The minimum absolute atomic E-state index is 0.0204. The average molecular weight is 333 g/mol. The molecule has 0 unspecified atom stereocenters. The minimum Gasteiger partial charge on any atom is -0.478 e. The summed E-state index contributed by atoms with van der Waals surface area (Å²) in [5.74, 6) is -1.14. The van der Waals surface area contributed by atoms with Gasteiger partial charge in [-0.25, -0.2) is 4.79 Å². The Balaban J connectivity index is 2.23. The highest BCUT2D eigenvalue weighted by Gasteiger charge is 2.24. The predicted molar refractivity (Wildman–Crippen MR) is 81.0 cm³/mol. The van der Waals surface area contributed by atoms with E-state index >= 15 is 0 Å². The molecule has 1 aliphatic heterocycles. The summed E-state index contributed by atoms with van der Waals surface area (Å²) in [6, 6.07) is 3.92. The molecule has 8 heteroatoms. The second-order valence-corrected chi connectivity index (χ2v) is 7.00. The predicted octanol–water partition coefficient (Wildman–Crippen LogP) is 2.57. The first-order valence-corrected chi connectivity index (χ1v) is 8.53. The van der Waals surface area contributed by atoms with Crippen molar-refractivity contribution in [1.29, 1.82) is 0 Å². The molecule has 1 saturated heterocycles. The molecule has 0 radical (unpaired) electrons. The monoisotopic (exact) mass is 332 g/mol. The van der Waals surface area contributed by atoms with Crippen LogP contribution >= 0.6 is 11.6 Å². The van der Waals surface area contributed by atoms with E-state index in [2.05, 4.69) is 4.72 Å². The summed E-state index contributed by atoms with van der Waals surface area (Å²) < 4.78 is 28.5. The normalized spacial score (nSPS) is 17.2. The lowest BCUT2D eigenvalue weighted by Gasteiger charge is -2.21. The van der Waals surface area contributed by atoms with Crippen molar-refractivity contribution in [2.24, 2.45) is 0 Å². The van der Waals surface area contributed by atoms with Gasteiger partial charge in [-0.2, -0.15) is 12.7 Å². The Hall–Kier alpha value is -1.31. The van der Waals surface area contributed by atoms with Crippen LogP contribution in [0, 0.1) is 0 Å². The van der Waals surface area contributed by atoms with Crippen LogP contribution in [0.5, 0.6) is 0 Å². The van der Waals surface area contributed by atoms with Gasteiger partial charge < -0.3 is 5.11 Å². The fraction of sp³-hybridized carbons (Fsp3) is 0.462. The zero-order valence-electron chi connectivity index (χ0n) is 11.4. The molecule has 1 aromatic carbocycles. The number of halogens is 1. The number of aromatic carboxylic acids is 1. The summed E-state index contributed by atoms with van der Waals surface area (Å²) in [4.78, 5) is 10.9. The van der Waals surface area contributed by atoms with Gasteiger partial charge in [0.25, 0.3) is 0 Å². The van der Waals surface area contributed by atoms with Gasteiger partial charge in [0, 0.05) is 13.1 Å². The van der Waals surface area contributed by atoms with Gasteiger partial charge in [0.2, 0.25) is 0 Å². The Morgan fingerprint density at radius 1 is 1.19 bits per heavy atom. The lowest BCUT2D eigenvalue weighted by Crippen LogP contribution is -2.36. The van der Waals surface area contributed by atoms with E-state index in [1.807, 2.05) is 0 Å². The van der Waals surface area contributed by atoms with Crippen LogP contribution in [0.25, 0.3) is 0 Å². The minimum atomic E-state index is -3.72. The van der Waals surface area contributed by atoms with Gasteiger partial charge in [-0.1, -0.05) is 24.4 Å². The van der Waals surface area contributed by atoms with Gasteiger partial charge in [0.05, 0.1) is 16.3 Å². The molecular weight excluding hydrogens is 316 g/mol. The van der Waals surface area contributed by atoms with Crippen molar-refractivity contribution in [3.63, 3.8) is 0 Å². The molecule has 0 aromatic heterocycles. The van der Waals surface area contributed by atoms with E-state index in [1.54, 1.807) is 0 Å². The van der Waals surface area contributed by atoms with Crippen molar-refractivity contribution in [2.75, 3.05) is 17.8 Å². The van der Waals surface area contributed by atoms with E-state index in [0.717, 1.165) is 25.7 Å². The molecule has 1 fully saturated rings. The fourth-order valence-corrected chi connectivity index (χ4v) is 3.76. The number of anilines is 1. The van der Waals surface area contributed by atoms with Crippen LogP contribution in [0.15, 0.2) is 18.2 Å². The van der Waals surface area contributed by atoms with E-state index in [1.165, 1.54) is 22.5 Å². The number of carboxylic acids is 1. The van der Waals surface area contributed by atoms with Crippen molar-refractivity contribution >= 4 is 33.5 Å². The lowest BCUT2D eigenvalue weighted by molar-refractivity contribution is 0.0697. The molecule has 21 heavy (non-hydrogen) atoms. The molecule has 0 spiro atoms. The fourth-order valence-electron chi connectivity index (χ4n) is 2.22. The molecule has 0 bridgehead atoms. The van der Waals surface area contributed by atoms with Crippen molar-refractivity contribution in [3.8, 4) is 0 Å². The largest absolute Gasteiger partial charge is 0.478 e. The van der Waals surface area contributed by atoms with Gasteiger partial charge >= 0.3 is 16.2 Å². The van der Waals surface area contributed by atoms with Crippen LogP contribution in [0.3, 0.4) is 0 Å². The summed E-state index contributed by atoms with van der Waals surface area (Å²) >= 11 is 5.94. The molecule has 1 heterocycles. The third-order valence-corrected chi connectivity index (χ3v) is 5.21. The van der Waals surface area contributed by atoms with E-state index in [4.69, 9.17) is 16.7 Å². The molecule has 2 N–H and O–H groups in total. The molecule has 2 rings (SSSR count). The van der Waals surface area contributed by atoms with Crippen LogP contribution < -0.4 is 4.72 Å². The van der Waals surface area contributed by atoms with Crippen molar-refractivity contribution in [3.05, 3.63) is 28.8 Å². The summed E-state index contributed by atoms with van der Waals surface area (Å²) in [6.45, 7) is 0.928. The van der Waals surface area contributed by atoms with Crippen LogP contribution in [0.1, 0.15) is 36.0 Å². The highest BCUT2D eigenvalue weighted by atomic mass is 35.5. The Kier molecular flexibility index (Phi) is 5.08. The van der Waals surface area contributed by atoms with Gasteiger partial charge in [-0.05, 0) is 31.0 Å². The molecule has 0 aliphatic carbocycles. The topological polar surface area (TPSA) is 86.7 Å². The quantitative estimate of drug-likeness (QED) is 0.887. The summed E-state index contributed by atoms with van der Waals surface area (Å²) in [7, 11) is -3.72. The second kappa shape index (κ2) is 6.64. The number of hydrogen-bond donors (Lipinski definition) is 2. The van der Waals surface area contributed by atoms with Crippen LogP contribution in [-0.2, 0) is 10.2 Å². The van der Waals surface area contributed by atoms with Crippen molar-refractivity contribution < 1.29 is 18.3 Å². The number of nitrogens with one attached hydrogen (secondary N) is 1. The highest BCUT2D eigenvalue weighted by Crippen LogP contribution is 2.25. The maximum absolute atomic E-state index is 12.3. The van der Waals surface area contributed by atoms with Gasteiger partial charge in [0.15, 0.2) is 0 Å². The molecule has 0 saturated carbocycles. The van der Waals surface area contributed by atoms with Crippen LogP contribution in [-0.4, -0.2) is 36.9 Å². The van der Waals surface area contributed by atoms with Gasteiger partial charge in [-0.3, -0.25) is 4.72 Å². The Labute approximate surface area is 128 Å². The Morgan fingerprint density at radius 2 is 1.81 bits per heavy atom. The summed E-state index contributed by atoms with van der Waals surface area (Å²) in [5, 5.41) is 9.12. The number of hydrogen-bond acceptors (Lipinski definition) is 3. The number of nitrogens with zero attached hydrogens (tertiary/aromatic N) is 1. The molecule has 0 atom stereocenters. The Bertz CT molecular complexity index is 625. The van der Waals surface area contributed by atoms with E-state index in [9.17, 15) is 13.2 Å². The number of rotatable bonds is 4. The molecular formula is C13H17ClN2O4S. The zero-order valence-corrected chi connectivity index (χ0v) is 13.0. The number of carboxylic acid groups (broad SMARTS) is 1. The third kappa shape index (κ3) is 4.09. The molecule has 1 aliphatic rings. The molecule has 6 nitrogen and oxygen atoms in total. The first kappa shape index (κ1) is 16.1. The van der Waals surface area contributed by atoms with Crippen molar-refractivity contribution in [1.82, 2.24) is 4.31 Å². The summed E-state index contributed by atoms with van der Waals surface area (Å²) in [6.07, 6.45) is 3.68. The van der Waals surface area contributed by atoms with Crippen LogP contribution in [0.2, 0.25) is 5.02 Å². The summed E-state index contributed by atoms with van der Waals surface area (Å²) in [5.41, 5.74) is 0.0637. The maximum atomic E-state index is 12.3. The average Bonchev–Trinajstić information content (AvgIpc) is 2.70. The van der Waals surface area contributed by atoms with Crippen LogP contribution in [0.4, 0.5) is 5.69 Å². The molecule has 0 amide bonds. The van der Waals surface area contributed by atoms with Gasteiger partial charge in [-0.15, -0.1) is 0 Å². The third-order valence-electron chi connectivity index (χ3n) is 3.36. The maximum Gasteiger partial charge on any atom is 0.335 e. The van der Waals surface area contributed by atoms with E-state index < -0.39 is 16.2 Å². The SMILES string of the molecule is O=C(O)c1ccc(Cl)c(NS(=O)(=O)N2CCCCCC2)c1. The molecule has 116 valence electrons. The second-order valence-electron chi connectivity index (χ2n) is 4.92. The highest BCUT2D eigenvalue weighted by molar-refractivity contribution is 7.90.